The fourth-order valence-corrected chi connectivity index (χ4v) is 2.23. The van der Waals surface area contributed by atoms with E-state index in [4.69, 9.17) is 0 Å². The maximum atomic E-state index is 13.4. The van der Waals surface area contributed by atoms with Gasteiger partial charge in [-0.15, -0.1) is 0 Å². The minimum Gasteiger partial charge on any atom is -0.313 e. The number of benzene rings is 1. The monoisotopic (exact) mass is 275 g/mol. The Kier molecular flexibility index (Phi) is 4.90. The van der Waals surface area contributed by atoms with Crippen LogP contribution in [-0.2, 0) is 13.1 Å². The van der Waals surface area contributed by atoms with Crippen molar-refractivity contribution < 1.29 is 4.39 Å². The Balaban J connectivity index is 1.71. The van der Waals surface area contributed by atoms with Gasteiger partial charge < -0.3 is 5.32 Å². The summed E-state index contributed by atoms with van der Waals surface area (Å²) >= 11 is 0. The van der Waals surface area contributed by atoms with Crippen LogP contribution in [-0.4, -0.2) is 16.3 Å². The van der Waals surface area contributed by atoms with Gasteiger partial charge in [-0.05, 0) is 57.0 Å². The molecule has 0 radical (unpaired) electrons. The Morgan fingerprint density at radius 1 is 1.20 bits per heavy atom. The van der Waals surface area contributed by atoms with Crippen LogP contribution in [0.5, 0.6) is 0 Å². The quantitative estimate of drug-likeness (QED) is 0.821. The molecule has 0 aliphatic carbocycles. The molecular weight excluding hydrogens is 253 g/mol. The topological polar surface area (TPSA) is 29.9 Å². The summed E-state index contributed by atoms with van der Waals surface area (Å²) < 4.78 is 15.4. The first-order valence-electron chi connectivity index (χ1n) is 7.03. The third kappa shape index (κ3) is 3.90. The summed E-state index contributed by atoms with van der Waals surface area (Å²) in [5.41, 5.74) is 3.94. The van der Waals surface area contributed by atoms with Gasteiger partial charge in [0.2, 0.25) is 0 Å². The van der Waals surface area contributed by atoms with Crippen molar-refractivity contribution in [2.75, 3.05) is 6.54 Å². The first-order chi connectivity index (χ1) is 9.56. The van der Waals surface area contributed by atoms with Crippen molar-refractivity contribution >= 4 is 0 Å². The van der Waals surface area contributed by atoms with Crippen LogP contribution in [0.4, 0.5) is 4.39 Å². The number of aryl methyl sites for hydroxylation is 4. The zero-order chi connectivity index (χ0) is 14.5. The van der Waals surface area contributed by atoms with Crippen LogP contribution in [0.3, 0.4) is 0 Å². The molecule has 1 heterocycles. The summed E-state index contributed by atoms with van der Waals surface area (Å²) in [5, 5.41) is 7.76. The average Bonchev–Trinajstić information content (AvgIpc) is 2.72. The van der Waals surface area contributed by atoms with Crippen LogP contribution in [0, 0.1) is 26.6 Å². The van der Waals surface area contributed by atoms with E-state index in [9.17, 15) is 4.39 Å². The molecule has 0 spiro atoms. The molecule has 0 saturated heterocycles. The third-order valence-electron chi connectivity index (χ3n) is 3.39. The number of hydrogen-bond acceptors (Lipinski definition) is 2. The zero-order valence-electron chi connectivity index (χ0n) is 12.4. The molecular formula is C16H22FN3. The van der Waals surface area contributed by atoms with Gasteiger partial charge in [0, 0.05) is 18.8 Å². The summed E-state index contributed by atoms with van der Waals surface area (Å²) in [7, 11) is 0. The van der Waals surface area contributed by atoms with E-state index in [0.717, 1.165) is 30.8 Å². The lowest BCUT2D eigenvalue weighted by Crippen LogP contribution is -2.17. The minimum atomic E-state index is -0.132. The normalized spacial score (nSPS) is 11.0. The molecule has 0 aliphatic heterocycles. The Bertz CT molecular complexity index is 575. The van der Waals surface area contributed by atoms with E-state index in [1.54, 1.807) is 13.0 Å². The molecule has 2 rings (SSSR count). The van der Waals surface area contributed by atoms with Crippen molar-refractivity contribution in [3.63, 3.8) is 0 Å². The van der Waals surface area contributed by atoms with Crippen LogP contribution in [0.25, 0.3) is 0 Å². The van der Waals surface area contributed by atoms with Crippen molar-refractivity contribution in [1.82, 2.24) is 15.1 Å². The molecule has 1 aromatic carbocycles. The van der Waals surface area contributed by atoms with Gasteiger partial charge in [-0.1, -0.05) is 12.1 Å². The van der Waals surface area contributed by atoms with Gasteiger partial charge in [-0.25, -0.2) is 4.39 Å². The summed E-state index contributed by atoms with van der Waals surface area (Å²) in [6.07, 6.45) is 1.01. The van der Waals surface area contributed by atoms with Crippen molar-refractivity contribution in [2.24, 2.45) is 0 Å². The second-order valence-corrected chi connectivity index (χ2v) is 5.26. The molecule has 0 unspecified atom stereocenters. The van der Waals surface area contributed by atoms with Crippen molar-refractivity contribution in [3.8, 4) is 0 Å². The van der Waals surface area contributed by atoms with E-state index < -0.39 is 0 Å². The maximum absolute atomic E-state index is 13.4. The van der Waals surface area contributed by atoms with E-state index in [2.05, 4.69) is 23.4 Å². The average molecular weight is 275 g/mol. The SMILES string of the molecule is Cc1cc(C)n(CCCNCc2ccc(C)c(F)c2)n1. The lowest BCUT2D eigenvalue weighted by atomic mass is 10.1. The summed E-state index contributed by atoms with van der Waals surface area (Å²) in [4.78, 5) is 0. The first-order valence-corrected chi connectivity index (χ1v) is 7.03. The van der Waals surface area contributed by atoms with Crippen LogP contribution in [0.15, 0.2) is 24.3 Å². The molecule has 108 valence electrons. The van der Waals surface area contributed by atoms with Gasteiger partial charge in [0.15, 0.2) is 0 Å². The van der Waals surface area contributed by atoms with Gasteiger partial charge in [-0.2, -0.15) is 5.10 Å². The highest BCUT2D eigenvalue weighted by Crippen LogP contribution is 2.09. The lowest BCUT2D eigenvalue weighted by molar-refractivity contribution is 0.531. The van der Waals surface area contributed by atoms with E-state index in [-0.39, 0.29) is 5.82 Å². The first kappa shape index (κ1) is 14.7. The zero-order valence-corrected chi connectivity index (χ0v) is 12.4. The Hall–Kier alpha value is -1.68. The number of rotatable bonds is 6. The Morgan fingerprint density at radius 3 is 2.65 bits per heavy atom. The Morgan fingerprint density at radius 2 is 2.00 bits per heavy atom. The maximum Gasteiger partial charge on any atom is 0.126 e. The van der Waals surface area contributed by atoms with Crippen LogP contribution >= 0.6 is 0 Å². The molecule has 0 aliphatic rings. The number of hydrogen-bond donors (Lipinski definition) is 1. The van der Waals surface area contributed by atoms with Crippen LogP contribution in [0.1, 0.15) is 28.9 Å². The van der Waals surface area contributed by atoms with E-state index in [1.165, 1.54) is 5.69 Å². The van der Waals surface area contributed by atoms with Crippen molar-refractivity contribution in [2.45, 2.75) is 40.3 Å². The van der Waals surface area contributed by atoms with Crippen LogP contribution in [0.2, 0.25) is 0 Å². The molecule has 1 aromatic heterocycles. The molecule has 0 fully saturated rings. The van der Waals surface area contributed by atoms with E-state index >= 15 is 0 Å². The molecule has 4 heteroatoms. The highest BCUT2D eigenvalue weighted by atomic mass is 19.1. The molecule has 2 aromatic rings. The lowest BCUT2D eigenvalue weighted by Gasteiger charge is -2.07. The molecule has 1 N–H and O–H groups in total. The minimum absolute atomic E-state index is 0.132. The second kappa shape index (κ2) is 6.66. The number of nitrogens with zero attached hydrogens (tertiary/aromatic N) is 2. The summed E-state index contributed by atoms with van der Waals surface area (Å²) in [6, 6.07) is 7.47. The van der Waals surface area contributed by atoms with Gasteiger partial charge in [0.1, 0.15) is 5.82 Å². The highest BCUT2D eigenvalue weighted by molar-refractivity contribution is 5.23. The summed E-state index contributed by atoms with van der Waals surface area (Å²) in [5.74, 6) is -0.132. The van der Waals surface area contributed by atoms with Crippen LogP contribution < -0.4 is 5.32 Å². The predicted octanol–water partition coefficient (Wildman–Crippen LogP) is 3.13. The van der Waals surface area contributed by atoms with E-state index in [0.29, 0.717) is 12.1 Å². The number of halogens is 1. The van der Waals surface area contributed by atoms with Crippen molar-refractivity contribution in [3.05, 3.63) is 52.6 Å². The molecule has 0 atom stereocenters. The van der Waals surface area contributed by atoms with Gasteiger partial charge in [0.25, 0.3) is 0 Å². The molecule has 0 bridgehead atoms. The van der Waals surface area contributed by atoms with Gasteiger partial charge >= 0.3 is 0 Å². The molecule has 0 amide bonds. The fraction of sp³-hybridized carbons (Fsp3) is 0.438. The molecule has 20 heavy (non-hydrogen) atoms. The summed E-state index contributed by atoms with van der Waals surface area (Å²) in [6.45, 7) is 8.37. The largest absolute Gasteiger partial charge is 0.313 e. The second-order valence-electron chi connectivity index (χ2n) is 5.26. The predicted molar refractivity (Wildman–Crippen MR) is 79.2 cm³/mol. The fourth-order valence-electron chi connectivity index (χ4n) is 2.23. The smallest absolute Gasteiger partial charge is 0.126 e. The Labute approximate surface area is 119 Å². The number of nitrogens with one attached hydrogen (secondary N) is 1. The van der Waals surface area contributed by atoms with E-state index in [1.807, 2.05) is 23.7 Å². The van der Waals surface area contributed by atoms with Gasteiger partial charge in [0.05, 0.1) is 5.69 Å². The van der Waals surface area contributed by atoms with Gasteiger partial charge in [-0.3, -0.25) is 4.68 Å². The number of aromatic nitrogens is 2. The highest BCUT2D eigenvalue weighted by Gasteiger charge is 2.01. The third-order valence-corrected chi connectivity index (χ3v) is 3.39. The van der Waals surface area contributed by atoms with Crippen molar-refractivity contribution in [1.29, 1.82) is 0 Å². The molecule has 3 nitrogen and oxygen atoms in total. The molecule has 0 saturated carbocycles. The standard InChI is InChI=1S/C16H22FN3/c1-12-5-6-15(10-16(12)17)11-18-7-4-8-20-14(3)9-13(2)19-20/h5-6,9-10,18H,4,7-8,11H2,1-3H3.